The van der Waals surface area contributed by atoms with Crippen molar-refractivity contribution in [1.82, 2.24) is 15.2 Å². The van der Waals surface area contributed by atoms with Gasteiger partial charge in [0.25, 0.3) is 5.91 Å². The van der Waals surface area contributed by atoms with E-state index in [1.165, 1.54) is 16.9 Å². The molecule has 3 heterocycles. The summed E-state index contributed by atoms with van der Waals surface area (Å²) in [7, 11) is 2.10. The molecule has 6 heteroatoms. The number of fused-ring (bicyclic) bond motifs is 2. The number of pyridine rings is 1. The molecule has 0 fully saturated rings. The quantitative estimate of drug-likeness (QED) is 0.910. The van der Waals surface area contributed by atoms with Crippen molar-refractivity contribution in [1.29, 1.82) is 0 Å². The highest BCUT2D eigenvalue weighted by Crippen LogP contribution is 2.34. The Morgan fingerprint density at radius 1 is 1.57 bits per heavy atom. The molecule has 0 saturated heterocycles. The summed E-state index contributed by atoms with van der Waals surface area (Å²) >= 11 is 1.39. The van der Waals surface area contributed by atoms with E-state index in [1.807, 2.05) is 6.92 Å². The zero-order valence-corrected chi connectivity index (χ0v) is 13.2. The molecular formula is C15H20N4OS. The van der Waals surface area contributed by atoms with E-state index in [0.717, 1.165) is 41.8 Å². The first-order chi connectivity index (χ1) is 10.1. The second kappa shape index (κ2) is 5.61. The van der Waals surface area contributed by atoms with Crippen molar-refractivity contribution < 1.29 is 4.79 Å². The fraction of sp³-hybridized carbons (Fsp3) is 0.467. The van der Waals surface area contributed by atoms with Crippen LogP contribution in [0.2, 0.25) is 0 Å². The molecule has 2 aromatic heterocycles. The minimum Gasteiger partial charge on any atom is -0.397 e. The van der Waals surface area contributed by atoms with Gasteiger partial charge in [-0.2, -0.15) is 0 Å². The van der Waals surface area contributed by atoms with Crippen LogP contribution in [-0.4, -0.2) is 35.9 Å². The molecule has 5 nitrogen and oxygen atoms in total. The van der Waals surface area contributed by atoms with Crippen molar-refractivity contribution in [3.8, 4) is 0 Å². The number of aromatic nitrogens is 1. The van der Waals surface area contributed by atoms with E-state index in [0.29, 0.717) is 17.1 Å². The molecule has 1 aliphatic rings. The molecule has 21 heavy (non-hydrogen) atoms. The molecule has 0 aromatic carbocycles. The lowest BCUT2D eigenvalue weighted by molar-refractivity contribution is 0.0958. The summed E-state index contributed by atoms with van der Waals surface area (Å²) in [6.07, 6.45) is 1.87. The zero-order chi connectivity index (χ0) is 15.0. The van der Waals surface area contributed by atoms with Crippen LogP contribution in [0.1, 0.15) is 34.3 Å². The number of likely N-dealkylation sites (N-methyl/N-ethyl adjacent to an activating group) is 1. The monoisotopic (exact) mass is 304 g/mol. The normalized spacial score (nSPS) is 15.1. The molecule has 2 aromatic rings. The molecule has 1 aliphatic heterocycles. The number of carbonyl (C=O) groups is 1. The van der Waals surface area contributed by atoms with Gasteiger partial charge in [-0.3, -0.25) is 4.79 Å². The van der Waals surface area contributed by atoms with Crippen LogP contribution in [0.25, 0.3) is 10.2 Å². The predicted octanol–water partition coefficient (Wildman–Crippen LogP) is 2.01. The Hall–Kier alpha value is -1.66. The fourth-order valence-corrected chi connectivity index (χ4v) is 3.64. The summed E-state index contributed by atoms with van der Waals surface area (Å²) < 4.78 is 0. The van der Waals surface area contributed by atoms with Gasteiger partial charge in [0.15, 0.2) is 0 Å². The number of hydrogen-bond acceptors (Lipinski definition) is 5. The van der Waals surface area contributed by atoms with Gasteiger partial charge in [-0.15, -0.1) is 11.3 Å². The van der Waals surface area contributed by atoms with Gasteiger partial charge in [-0.25, -0.2) is 4.98 Å². The second-order valence-corrected chi connectivity index (χ2v) is 6.53. The first kappa shape index (κ1) is 14.3. The largest absolute Gasteiger partial charge is 0.397 e. The molecule has 0 spiro atoms. The van der Waals surface area contributed by atoms with Crippen molar-refractivity contribution in [2.45, 2.75) is 26.3 Å². The highest BCUT2D eigenvalue weighted by atomic mass is 32.1. The van der Waals surface area contributed by atoms with Crippen molar-refractivity contribution in [2.24, 2.45) is 0 Å². The van der Waals surface area contributed by atoms with Crippen LogP contribution in [0.4, 0.5) is 5.69 Å². The smallest absolute Gasteiger partial charge is 0.263 e. The number of rotatable bonds is 3. The Labute approximate surface area is 128 Å². The highest BCUT2D eigenvalue weighted by Gasteiger charge is 2.21. The fourth-order valence-electron chi connectivity index (χ4n) is 2.63. The van der Waals surface area contributed by atoms with Gasteiger partial charge in [0.2, 0.25) is 0 Å². The van der Waals surface area contributed by atoms with E-state index in [-0.39, 0.29) is 5.91 Å². The van der Waals surface area contributed by atoms with E-state index in [4.69, 9.17) is 10.7 Å². The molecule has 1 amide bonds. The molecular weight excluding hydrogens is 284 g/mol. The minimum atomic E-state index is -0.0903. The average Bonchev–Trinajstić information content (AvgIpc) is 2.79. The summed E-state index contributed by atoms with van der Waals surface area (Å²) in [5.41, 5.74) is 9.10. The van der Waals surface area contributed by atoms with Gasteiger partial charge in [-0.1, -0.05) is 6.92 Å². The summed E-state index contributed by atoms with van der Waals surface area (Å²) in [5.74, 6) is -0.0903. The van der Waals surface area contributed by atoms with E-state index in [9.17, 15) is 4.79 Å². The Bertz CT molecular complexity index is 695. The summed E-state index contributed by atoms with van der Waals surface area (Å²) in [5, 5.41) is 3.80. The lowest BCUT2D eigenvalue weighted by atomic mass is 10.0. The maximum absolute atomic E-state index is 12.2. The van der Waals surface area contributed by atoms with Gasteiger partial charge >= 0.3 is 0 Å². The molecule has 0 atom stereocenters. The maximum Gasteiger partial charge on any atom is 0.263 e. The van der Waals surface area contributed by atoms with Crippen molar-refractivity contribution in [3.63, 3.8) is 0 Å². The van der Waals surface area contributed by atoms with Crippen molar-refractivity contribution in [2.75, 3.05) is 25.9 Å². The van der Waals surface area contributed by atoms with Crippen molar-refractivity contribution in [3.05, 3.63) is 22.2 Å². The predicted molar refractivity (Wildman–Crippen MR) is 86.7 cm³/mol. The van der Waals surface area contributed by atoms with E-state index in [2.05, 4.69) is 23.3 Å². The maximum atomic E-state index is 12.2. The standard InChI is InChI=1S/C15H20N4OS/c1-3-5-17-14(20)13-12(16)10-7-9-8-19(2)6-4-11(9)18-15(10)21-13/h7H,3-6,8,16H2,1-2H3,(H,17,20). The van der Waals surface area contributed by atoms with Crippen LogP contribution in [0, 0.1) is 0 Å². The lowest BCUT2D eigenvalue weighted by Crippen LogP contribution is -2.27. The molecule has 0 saturated carbocycles. The van der Waals surface area contributed by atoms with E-state index < -0.39 is 0 Å². The Morgan fingerprint density at radius 3 is 3.14 bits per heavy atom. The van der Waals surface area contributed by atoms with Crippen LogP contribution >= 0.6 is 11.3 Å². The molecule has 3 rings (SSSR count). The molecule has 0 radical (unpaired) electrons. The SMILES string of the molecule is CCCNC(=O)c1sc2nc3c(cc2c1N)CN(C)CC3. The Morgan fingerprint density at radius 2 is 2.38 bits per heavy atom. The van der Waals surface area contributed by atoms with E-state index >= 15 is 0 Å². The molecule has 0 unspecified atom stereocenters. The number of thiophene rings is 1. The van der Waals surface area contributed by atoms with Crippen LogP contribution in [0.15, 0.2) is 6.07 Å². The Balaban J connectivity index is 2.02. The van der Waals surface area contributed by atoms with Crippen LogP contribution in [0.3, 0.4) is 0 Å². The Kier molecular flexibility index (Phi) is 3.82. The molecule has 0 aliphatic carbocycles. The zero-order valence-electron chi connectivity index (χ0n) is 12.4. The topological polar surface area (TPSA) is 71.2 Å². The number of amides is 1. The average molecular weight is 304 g/mol. The molecule has 112 valence electrons. The molecule has 3 N–H and O–H groups in total. The minimum absolute atomic E-state index is 0.0903. The summed E-state index contributed by atoms with van der Waals surface area (Å²) in [4.78, 5) is 20.6. The number of nitrogens with two attached hydrogens (primary N) is 1. The number of carbonyl (C=O) groups excluding carboxylic acids is 1. The third-order valence-corrected chi connectivity index (χ3v) is 4.92. The first-order valence-corrected chi connectivity index (χ1v) is 8.09. The highest BCUT2D eigenvalue weighted by molar-refractivity contribution is 7.21. The van der Waals surface area contributed by atoms with Crippen LogP contribution in [0.5, 0.6) is 0 Å². The summed E-state index contributed by atoms with van der Waals surface area (Å²) in [6, 6.07) is 2.11. The number of hydrogen-bond donors (Lipinski definition) is 2. The van der Waals surface area contributed by atoms with Gasteiger partial charge < -0.3 is 16.0 Å². The number of nitrogens with zero attached hydrogens (tertiary/aromatic N) is 2. The van der Waals surface area contributed by atoms with Crippen LogP contribution in [-0.2, 0) is 13.0 Å². The van der Waals surface area contributed by atoms with Gasteiger partial charge in [-0.05, 0) is 25.1 Å². The second-order valence-electron chi connectivity index (χ2n) is 5.54. The number of nitrogens with one attached hydrogen (secondary N) is 1. The van der Waals surface area contributed by atoms with Crippen molar-refractivity contribution >= 4 is 33.1 Å². The summed E-state index contributed by atoms with van der Waals surface area (Å²) in [6.45, 7) is 4.61. The lowest BCUT2D eigenvalue weighted by Gasteiger charge is -2.24. The third kappa shape index (κ3) is 2.61. The molecule has 0 bridgehead atoms. The number of nitrogen functional groups attached to an aromatic ring is 1. The van der Waals surface area contributed by atoms with Gasteiger partial charge in [0.05, 0.1) is 5.69 Å². The van der Waals surface area contributed by atoms with Gasteiger partial charge in [0.1, 0.15) is 9.71 Å². The van der Waals surface area contributed by atoms with E-state index in [1.54, 1.807) is 0 Å². The van der Waals surface area contributed by atoms with Gasteiger partial charge in [0, 0.05) is 37.1 Å². The van der Waals surface area contributed by atoms with Crippen LogP contribution < -0.4 is 11.1 Å². The third-order valence-electron chi connectivity index (χ3n) is 3.80. The number of anilines is 1. The first-order valence-electron chi connectivity index (χ1n) is 7.27.